The first-order valence-electron chi connectivity index (χ1n) is 5.25. The van der Waals surface area contributed by atoms with E-state index in [0.29, 0.717) is 6.07 Å². The number of non-ortho nitro benzene ring substituents is 1. The molecule has 0 saturated carbocycles. The second kappa shape index (κ2) is 6.22. The van der Waals surface area contributed by atoms with Gasteiger partial charge in [0, 0.05) is 12.6 Å². The first-order chi connectivity index (χ1) is 9.32. The minimum atomic E-state index is -1.14. The van der Waals surface area contributed by atoms with Crippen molar-refractivity contribution < 1.29 is 24.5 Å². The monoisotopic (exact) mass is 283 g/mol. The minimum absolute atomic E-state index is 0.206. The molecule has 0 aliphatic heterocycles. The van der Waals surface area contributed by atoms with Crippen LogP contribution in [0.25, 0.3) is 0 Å². The molecule has 20 heavy (non-hydrogen) atoms. The summed E-state index contributed by atoms with van der Waals surface area (Å²) in [5, 5.41) is 31.9. The summed E-state index contributed by atoms with van der Waals surface area (Å²) in [6.45, 7) is -0.206. The molecule has 0 radical (unpaired) electrons. The number of aliphatic carboxylic acids is 1. The maximum Gasteiger partial charge on any atom is 0.305 e. The number of nitrogens with one attached hydrogen (secondary N) is 1. The molecule has 0 saturated heterocycles. The summed E-state index contributed by atoms with van der Waals surface area (Å²) in [6, 6.07) is 2.58. The van der Waals surface area contributed by atoms with Crippen LogP contribution in [-0.4, -0.2) is 33.4 Å². The lowest BCUT2D eigenvalue weighted by Gasteiger charge is -2.04. The summed E-state index contributed by atoms with van der Waals surface area (Å²) < 4.78 is 0. The van der Waals surface area contributed by atoms with E-state index in [-0.39, 0.29) is 18.5 Å². The highest BCUT2D eigenvalue weighted by Gasteiger charge is 2.23. The van der Waals surface area contributed by atoms with E-state index in [1.54, 1.807) is 0 Å². The standard InChI is InChI=1S/C10H9N3O7/c14-9(15)3-4-11-10(16)7-2-1-6(12(17)18)5-8(7)13(19)20/h1-2,5H,3-4H2,(H,11,16)(H,14,15). The van der Waals surface area contributed by atoms with Crippen molar-refractivity contribution >= 4 is 23.3 Å². The van der Waals surface area contributed by atoms with Crippen LogP contribution in [0.1, 0.15) is 16.8 Å². The van der Waals surface area contributed by atoms with Crippen LogP contribution in [0, 0.1) is 20.2 Å². The molecule has 1 amide bonds. The van der Waals surface area contributed by atoms with Gasteiger partial charge in [-0.05, 0) is 6.07 Å². The van der Waals surface area contributed by atoms with Crippen molar-refractivity contribution in [3.05, 3.63) is 44.0 Å². The van der Waals surface area contributed by atoms with Gasteiger partial charge in [0.1, 0.15) is 5.56 Å². The van der Waals surface area contributed by atoms with Gasteiger partial charge in [-0.15, -0.1) is 0 Å². The van der Waals surface area contributed by atoms with E-state index in [1.807, 2.05) is 0 Å². The highest BCUT2D eigenvalue weighted by atomic mass is 16.6. The van der Waals surface area contributed by atoms with Gasteiger partial charge in [0.05, 0.1) is 22.3 Å². The normalized spacial score (nSPS) is 9.80. The third kappa shape index (κ3) is 3.73. The molecule has 0 aliphatic rings. The third-order valence-corrected chi connectivity index (χ3v) is 2.26. The van der Waals surface area contributed by atoms with E-state index in [2.05, 4.69) is 5.32 Å². The zero-order chi connectivity index (χ0) is 15.3. The number of amides is 1. The number of nitro groups is 2. The molecule has 0 aromatic heterocycles. The Labute approximate surface area is 111 Å². The molecule has 2 N–H and O–H groups in total. The second-order valence-corrected chi connectivity index (χ2v) is 3.62. The van der Waals surface area contributed by atoms with Gasteiger partial charge in [-0.3, -0.25) is 29.8 Å². The zero-order valence-corrected chi connectivity index (χ0v) is 9.94. The van der Waals surface area contributed by atoms with Crippen molar-refractivity contribution in [1.82, 2.24) is 5.32 Å². The number of benzene rings is 1. The maximum absolute atomic E-state index is 11.7. The number of hydrogen-bond acceptors (Lipinski definition) is 6. The van der Waals surface area contributed by atoms with Crippen molar-refractivity contribution in [3.8, 4) is 0 Å². The van der Waals surface area contributed by atoms with Crippen LogP contribution in [0.4, 0.5) is 11.4 Å². The molecular formula is C10H9N3O7. The Kier molecular flexibility index (Phi) is 4.67. The third-order valence-electron chi connectivity index (χ3n) is 2.26. The van der Waals surface area contributed by atoms with Crippen LogP contribution in [0.15, 0.2) is 18.2 Å². The summed E-state index contributed by atoms with van der Waals surface area (Å²) in [5.74, 6) is -2.00. The number of hydrogen-bond donors (Lipinski definition) is 2. The quantitative estimate of drug-likeness (QED) is 0.575. The van der Waals surface area contributed by atoms with Gasteiger partial charge in [0.15, 0.2) is 0 Å². The van der Waals surface area contributed by atoms with Crippen LogP contribution in [0.2, 0.25) is 0 Å². The van der Waals surface area contributed by atoms with Gasteiger partial charge >= 0.3 is 5.97 Å². The van der Waals surface area contributed by atoms with E-state index in [9.17, 15) is 29.8 Å². The SMILES string of the molecule is O=C(O)CCNC(=O)c1ccc([N+](=O)[O-])cc1[N+](=O)[O-]. The molecule has 0 heterocycles. The minimum Gasteiger partial charge on any atom is -0.481 e. The van der Waals surface area contributed by atoms with Gasteiger partial charge < -0.3 is 10.4 Å². The van der Waals surface area contributed by atoms with Crippen molar-refractivity contribution in [3.63, 3.8) is 0 Å². The number of nitro benzene ring substituents is 2. The van der Waals surface area contributed by atoms with Crippen LogP contribution in [0.3, 0.4) is 0 Å². The van der Waals surface area contributed by atoms with Crippen molar-refractivity contribution in [2.24, 2.45) is 0 Å². The molecule has 1 rings (SSSR count). The van der Waals surface area contributed by atoms with Crippen LogP contribution in [-0.2, 0) is 4.79 Å². The summed E-state index contributed by atoms with van der Waals surface area (Å²) in [4.78, 5) is 41.5. The molecule has 0 atom stereocenters. The lowest BCUT2D eigenvalue weighted by atomic mass is 10.1. The fourth-order valence-electron chi connectivity index (χ4n) is 1.35. The predicted octanol–water partition coefficient (Wildman–Crippen LogP) is 0.708. The molecular weight excluding hydrogens is 274 g/mol. The molecule has 10 heteroatoms. The summed E-state index contributed by atoms with van der Waals surface area (Å²) >= 11 is 0. The smallest absolute Gasteiger partial charge is 0.305 e. The second-order valence-electron chi connectivity index (χ2n) is 3.62. The first-order valence-corrected chi connectivity index (χ1v) is 5.25. The first kappa shape index (κ1) is 15.0. The molecule has 0 aliphatic carbocycles. The Morgan fingerprint density at radius 3 is 2.35 bits per heavy atom. The topological polar surface area (TPSA) is 153 Å². The number of carboxylic acids is 1. The van der Waals surface area contributed by atoms with Crippen LogP contribution in [0.5, 0.6) is 0 Å². The molecule has 0 fully saturated rings. The van der Waals surface area contributed by atoms with E-state index in [4.69, 9.17) is 5.11 Å². The van der Waals surface area contributed by atoms with E-state index in [0.717, 1.165) is 12.1 Å². The van der Waals surface area contributed by atoms with Crippen molar-refractivity contribution in [2.75, 3.05) is 6.54 Å². The van der Waals surface area contributed by atoms with Crippen molar-refractivity contribution in [1.29, 1.82) is 0 Å². The van der Waals surface area contributed by atoms with Gasteiger partial charge in [-0.2, -0.15) is 0 Å². The molecule has 1 aromatic carbocycles. The van der Waals surface area contributed by atoms with E-state index in [1.165, 1.54) is 0 Å². The molecule has 0 unspecified atom stereocenters. The van der Waals surface area contributed by atoms with Gasteiger partial charge in [0.2, 0.25) is 0 Å². The zero-order valence-electron chi connectivity index (χ0n) is 9.94. The predicted molar refractivity (Wildman–Crippen MR) is 64.3 cm³/mol. The summed E-state index contributed by atoms with van der Waals surface area (Å²) in [7, 11) is 0. The molecule has 10 nitrogen and oxygen atoms in total. The van der Waals surface area contributed by atoms with Crippen LogP contribution >= 0.6 is 0 Å². The van der Waals surface area contributed by atoms with Gasteiger partial charge in [-0.1, -0.05) is 0 Å². The fraction of sp³-hybridized carbons (Fsp3) is 0.200. The Morgan fingerprint density at radius 2 is 1.85 bits per heavy atom. The average Bonchev–Trinajstić information content (AvgIpc) is 2.37. The van der Waals surface area contributed by atoms with E-state index >= 15 is 0 Å². The number of carbonyl (C=O) groups is 2. The lowest BCUT2D eigenvalue weighted by molar-refractivity contribution is -0.394. The molecule has 106 valence electrons. The molecule has 0 bridgehead atoms. The summed E-state index contributed by atoms with van der Waals surface area (Å²) in [5.41, 5.74) is -1.60. The van der Waals surface area contributed by atoms with Crippen LogP contribution < -0.4 is 5.32 Å². The summed E-state index contributed by atoms with van der Waals surface area (Å²) in [6.07, 6.45) is -0.341. The van der Waals surface area contributed by atoms with Crippen molar-refractivity contribution in [2.45, 2.75) is 6.42 Å². The molecule has 1 aromatic rings. The Morgan fingerprint density at radius 1 is 1.20 bits per heavy atom. The fourth-order valence-corrected chi connectivity index (χ4v) is 1.35. The van der Waals surface area contributed by atoms with Gasteiger partial charge in [0.25, 0.3) is 17.3 Å². The number of carboxylic acid groups (broad SMARTS) is 1. The number of rotatable bonds is 6. The average molecular weight is 283 g/mol. The highest BCUT2D eigenvalue weighted by Crippen LogP contribution is 2.24. The Bertz CT molecular complexity index is 584. The lowest BCUT2D eigenvalue weighted by Crippen LogP contribution is -2.26. The number of carbonyl (C=O) groups excluding carboxylic acids is 1. The largest absolute Gasteiger partial charge is 0.481 e. The molecule has 0 spiro atoms. The van der Waals surface area contributed by atoms with Gasteiger partial charge in [-0.25, -0.2) is 0 Å². The highest BCUT2D eigenvalue weighted by molar-refractivity contribution is 5.98. The Balaban J connectivity index is 2.99. The Hall–Kier alpha value is -3.04. The number of nitrogens with zero attached hydrogens (tertiary/aromatic N) is 2. The maximum atomic E-state index is 11.7. The van der Waals surface area contributed by atoms with E-state index < -0.39 is 33.1 Å².